The standard InChI is InChI=1S/C18H18Cl2N4O2/c1-9-10(2)24-17(21-9)14(16(23-24)18(3,4)5)22-11-6-12(19)15(26-8-25)13(20)7-11/h6-8H,1-5H3. The van der Waals surface area contributed by atoms with Gasteiger partial charge in [-0.3, -0.25) is 4.79 Å². The first-order valence-electron chi connectivity index (χ1n) is 7.97. The van der Waals surface area contributed by atoms with Crippen LogP contribution in [0, 0.1) is 19.3 Å². The Balaban J connectivity index is 2.17. The topological polar surface area (TPSA) is 68.8 Å². The van der Waals surface area contributed by atoms with Crippen LogP contribution in [0.5, 0.6) is 5.75 Å². The van der Waals surface area contributed by atoms with Gasteiger partial charge in [-0.25, -0.2) is 14.7 Å². The molecule has 0 saturated carbocycles. The molecule has 1 aliphatic heterocycles. The molecule has 2 heterocycles. The first-order chi connectivity index (χ1) is 12.1. The first kappa shape index (κ1) is 18.6. The lowest BCUT2D eigenvalue weighted by Crippen LogP contribution is -2.27. The molecule has 0 radical (unpaired) electrons. The van der Waals surface area contributed by atoms with Crippen molar-refractivity contribution < 1.29 is 9.53 Å². The molecule has 0 aliphatic carbocycles. The molecule has 26 heavy (non-hydrogen) atoms. The maximum Gasteiger partial charge on any atom is 0.298 e. The van der Waals surface area contributed by atoms with Crippen molar-refractivity contribution in [1.82, 2.24) is 9.66 Å². The van der Waals surface area contributed by atoms with E-state index in [4.69, 9.17) is 38.0 Å². The predicted molar refractivity (Wildman–Crippen MR) is 103 cm³/mol. The van der Waals surface area contributed by atoms with Crippen molar-refractivity contribution in [2.24, 2.45) is 15.5 Å². The molecule has 1 aromatic heterocycles. The molecular formula is C18H18Cl2N4O2. The highest BCUT2D eigenvalue weighted by atomic mass is 35.5. The van der Waals surface area contributed by atoms with Crippen molar-refractivity contribution >= 4 is 46.8 Å². The Hall–Kier alpha value is -2.18. The van der Waals surface area contributed by atoms with Crippen molar-refractivity contribution in [2.75, 3.05) is 0 Å². The lowest BCUT2D eigenvalue weighted by Gasteiger charge is -2.18. The van der Waals surface area contributed by atoms with Crippen LogP contribution < -0.4 is 4.74 Å². The molecule has 2 aromatic rings. The van der Waals surface area contributed by atoms with E-state index in [2.05, 4.69) is 25.8 Å². The van der Waals surface area contributed by atoms with Crippen LogP contribution in [-0.2, 0) is 4.79 Å². The van der Waals surface area contributed by atoms with Crippen molar-refractivity contribution in [1.29, 1.82) is 0 Å². The molecule has 136 valence electrons. The van der Waals surface area contributed by atoms with Gasteiger partial charge >= 0.3 is 0 Å². The molecule has 6 nitrogen and oxygen atoms in total. The van der Waals surface area contributed by atoms with Crippen LogP contribution in [0.2, 0.25) is 10.0 Å². The van der Waals surface area contributed by atoms with Gasteiger partial charge in [0.25, 0.3) is 6.47 Å². The summed E-state index contributed by atoms with van der Waals surface area (Å²) in [5.74, 6) is 0.794. The number of ether oxygens (including phenoxy) is 1. The van der Waals surface area contributed by atoms with E-state index in [0.29, 0.717) is 17.2 Å². The SMILES string of the molecule is Cc1nc2n(c1C)N=C(C(C)(C)C)C2=Nc1cc(Cl)c(OC=O)c(Cl)c1. The van der Waals surface area contributed by atoms with Gasteiger partial charge in [0.05, 0.1) is 32.8 Å². The number of carbonyl (C=O) groups excluding carboxylic acids is 1. The van der Waals surface area contributed by atoms with Gasteiger partial charge < -0.3 is 4.74 Å². The predicted octanol–water partition coefficient (Wildman–Crippen LogP) is 4.73. The number of nitrogens with zero attached hydrogens (tertiary/aromatic N) is 4. The number of rotatable bonds is 3. The monoisotopic (exact) mass is 392 g/mol. The second-order valence-electron chi connectivity index (χ2n) is 7.03. The summed E-state index contributed by atoms with van der Waals surface area (Å²) < 4.78 is 6.62. The first-order valence-corrected chi connectivity index (χ1v) is 8.73. The summed E-state index contributed by atoms with van der Waals surface area (Å²) in [5.41, 5.74) is 3.66. The van der Waals surface area contributed by atoms with Gasteiger partial charge in [0.15, 0.2) is 11.6 Å². The number of benzene rings is 1. The van der Waals surface area contributed by atoms with Crippen LogP contribution in [0.4, 0.5) is 5.69 Å². The van der Waals surface area contributed by atoms with E-state index in [-0.39, 0.29) is 27.7 Å². The summed E-state index contributed by atoms with van der Waals surface area (Å²) in [7, 11) is 0. The highest BCUT2D eigenvalue weighted by molar-refractivity contribution is 6.50. The summed E-state index contributed by atoms with van der Waals surface area (Å²) in [6, 6.07) is 3.18. The summed E-state index contributed by atoms with van der Waals surface area (Å²) >= 11 is 12.3. The summed E-state index contributed by atoms with van der Waals surface area (Å²) in [4.78, 5) is 19.9. The fourth-order valence-corrected chi connectivity index (χ4v) is 3.20. The fraction of sp³-hybridized carbons (Fsp3) is 0.333. The maximum atomic E-state index is 10.6. The second kappa shape index (κ2) is 6.52. The number of halogens is 2. The number of aromatic nitrogens is 2. The van der Waals surface area contributed by atoms with Crippen molar-refractivity contribution in [3.8, 4) is 5.75 Å². The third kappa shape index (κ3) is 3.15. The Morgan fingerprint density at radius 1 is 1.19 bits per heavy atom. The zero-order chi connectivity index (χ0) is 19.2. The zero-order valence-corrected chi connectivity index (χ0v) is 16.6. The van der Waals surface area contributed by atoms with E-state index in [1.165, 1.54) is 0 Å². The average Bonchev–Trinajstić information content (AvgIpc) is 3.01. The van der Waals surface area contributed by atoms with Gasteiger partial charge in [0.1, 0.15) is 5.71 Å². The number of aliphatic imine (C=N–C) groups is 1. The van der Waals surface area contributed by atoms with E-state index in [1.807, 2.05) is 18.5 Å². The van der Waals surface area contributed by atoms with Crippen LogP contribution in [0.1, 0.15) is 38.0 Å². The molecule has 0 spiro atoms. The van der Waals surface area contributed by atoms with E-state index in [0.717, 1.165) is 17.1 Å². The minimum Gasteiger partial charge on any atom is -0.426 e. The fourth-order valence-electron chi connectivity index (χ4n) is 2.64. The van der Waals surface area contributed by atoms with Crippen LogP contribution in [0.15, 0.2) is 22.2 Å². The van der Waals surface area contributed by atoms with Crippen molar-refractivity contribution in [3.05, 3.63) is 39.4 Å². The third-order valence-electron chi connectivity index (χ3n) is 4.05. The molecule has 0 N–H and O–H groups in total. The third-order valence-corrected chi connectivity index (χ3v) is 4.61. The summed E-state index contributed by atoms with van der Waals surface area (Å²) in [6.45, 7) is 10.4. The Morgan fingerprint density at radius 3 is 2.35 bits per heavy atom. The normalized spacial score (nSPS) is 15.2. The van der Waals surface area contributed by atoms with E-state index < -0.39 is 0 Å². The van der Waals surface area contributed by atoms with E-state index >= 15 is 0 Å². The molecule has 1 aliphatic rings. The van der Waals surface area contributed by atoms with Gasteiger partial charge in [0, 0.05) is 5.41 Å². The van der Waals surface area contributed by atoms with Crippen molar-refractivity contribution in [3.63, 3.8) is 0 Å². The minimum absolute atomic E-state index is 0.108. The molecule has 0 amide bonds. The van der Waals surface area contributed by atoms with Gasteiger partial charge in [-0.15, -0.1) is 0 Å². The maximum absolute atomic E-state index is 10.6. The van der Waals surface area contributed by atoms with Gasteiger partial charge in [-0.05, 0) is 26.0 Å². The Labute approximate surface area is 161 Å². The van der Waals surface area contributed by atoms with Gasteiger partial charge in [-0.1, -0.05) is 44.0 Å². The molecule has 0 saturated heterocycles. The Kier molecular flexibility index (Phi) is 4.67. The minimum atomic E-state index is -0.228. The van der Waals surface area contributed by atoms with Crippen molar-refractivity contribution in [2.45, 2.75) is 34.6 Å². The molecular weight excluding hydrogens is 375 g/mol. The van der Waals surface area contributed by atoms with E-state index in [9.17, 15) is 4.79 Å². The van der Waals surface area contributed by atoms with Crippen LogP contribution >= 0.6 is 23.2 Å². The summed E-state index contributed by atoms with van der Waals surface area (Å²) in [5, 5.41) is 5.12. The molecule has 0 fully saturated rings. The summed E-state index contributed by atoms with van der Waals surface area (Å²) in [6.07, 6.45) is 0. The number of carbonyl (C=O) groups is 1. The highest BCUT2D eigenvalue weighted by Crippen LogP contribution is 2.37. The quantitative estimate of drug-likeness (QED) is 0.709. The smallest absolute Gasteiger partial charge is 0.298 e. The number of fused-ring (bicyclic) bond motifs is 1. The second-order valence-corrected chi connectivity index (χ2v) is 7.84. The van der Waals surface area contributed by atoms with Crippen LogP contribution in [0.25, 0.3) is 0 Å². The lowest BCUT2D eigenvalue weighted by atomic mass is 9.87. The number of hydrogen-bond donors (Lipinski definition) is 0. The Bertz CT molecular complexity index is 945. The molecule has 0 atom stereocenters. The van der Waals surface area contributed by atoms with Gasteiger partial charge in [-0.2, -0.15) is 5.10 Å². The van der Waals surface area contributed by atoms with Crippen LogP contribution in [0.3, 0.4) is 0 Å². The highest BCUT2D eigenvalue weighted by Gasteiger charge is 2.34. The zero-order valence-electron chi connectivity index (χ0n) is 15.1. The van der Waals surface area contributed by atoms with Crippen LogP contribution in [-0.4, -0.2) is 27.6 Å². The molecule has 8 heteroatoms. The molecule has 1 aromatic carbocycles. The van der Waals surface area contributed by atoms with E-state index in [1.54, 1.807) is 12.1 Å². The Morgan fingerprint density at radius 2 is 1.81 bits per heavy atom. The molecule has 0 unspecified atom stereocenters. The molecule has 0 bridgehead atoms. The number of aryl methyl sites for hydroxylation is 1. The molecule has 3 rings (SSSR count). The van der Waals surface area contributed by atoms with Gasteiger partial charge in [0.2, 0.25) is 0 Å². The average molecular weight is 393 g/mol. The lowest BCUT2D eigenvalue weighted by molar-refractivity contribution is -0.120. The largest absolute Gasteiger partial charge is 0.426 e. The number of imidazole rings is 1. The number of hydrogen-bond acceptors (Lipinski definition) is 5.